The maximum Gasteiger partial charge on any atom is 0.320 e. The summed E-state index contributed by atoms with van der Waals surface area (Å²) in [4.78, 5) is 26.6. The minimum absolute atomic E-state index is 0.00576. The molecular formula is C14H24N2O4. The van der Waals surface area contributed by atoms with Gasteiger partial charge in [0.05, 0.1) is 12.6 Å². The minimum Gasteiger partial charge on any atom is -0.481 e. The molecule has 2 aliphatic rings. The van der Waals surface area contributed by atoms with Gasteiger partial charge in [-0.25, -0.2) is 4.79 Å². The second-order valence-electron chi connectivity index (χ2n) is 6.02. The van der Waals surface area contributed by atoms with Crippen LogP contribution in [0.2, 0.25) is 0 Å². The first-order valence-corrected chi connectivity index (χ1v) is 7.41. The van der Waals surface area contributed by atoms with Gasteiger partial charge in [-0.05, 0) is 31.1 Å². The van der Waals surface area contributed by atoms with Crippen LogP contribution in [0.25, 0.3) is 0 Å². The largest absolute Gasteiger partial charge is 0.481 e. The number of carboxylic acids is 1. The summed E-state index contributed by atoms with van der Waals surface area (Å²) in [7, 11) is 0. The number of hydrogen-bond acceptors (Lipinski definition) is 3. The van der Waals surface area contributed by atoms with Crippen molar-refractivity contribution in [1.82, 2.24) is 9.80 Å². The van der Waals surface area contributed by atoms with Gasteiger partial charge in [-0.3, -0.25) is 4.79 Å². The molecule has 2 heterocycles. The molecule has 0 bridgehead atoms. The summed E-state index contributed by atoms with van der Waals surface area (Å²) in [5.74, 6) is -0.138. The third kappa shape index (κ3) is 3.23. The van der Waals surface area contributed by atoms with E-state index in [-0.39, 0.29) is 25.1 Å². The summed E-state index contributed by atoms with van der Waals surface area (Å²) in [6.07, 6.45) is 2.63. The molecule has 2 amide bonds. The van der Waals surface area contributed by atoms with Gasteiger partial charge in [0.1, 0.15) is 0 Å². The highest BCUT2D eigenvalue weighted by molar-refractivity contribution is 5.75. The molecule has 0 saturated carbocycles. The molecule has 0 aliphatic carbocycles. The predicted octanol–water partition coefficient (Wildman–Crippen LogP) is 0.996. The molecule has 3 unspecified atom stereocenters. The quantitative estimate of drug-likeness (QED) is 0.807. The Balaban J connectivity index is 1.86. The van der Waals surface area contributed by atoms with Gasteiger partial charge in [0.2, 0.25) is 0 Å². The second kappa shape index (κ2) is 6.43. The zero-order valence-electron chi connectivity index (χ0n) is 12.0. The van der Waals surface area contributed by atoms with Crippen LogP contribution in [0.4, 0.5) is 4.79 Å². The number of nitrogens with zero attached hydrogens (tertiary/aromatic N) is 2. The van der Waals surface area contributed by atoms with Crippen molar-refractivity contribution in [2.24, 2.45) is 11.8 Å². The average molecular weight is 284 g/mol. The van der Waals surface area contributed by atoms with Gasteiger partial charge in [-0.15, -0.1) is 0 Å². The summed E-state index contributed by atoms with van der Waals surface area (Å²) in [6, 6.07) is -0.0632. The minimum atomic E-state index is -0.775. The number of carbonyl (C=O) groups excluding carboxylic acids is 1. The van der Waals surface area contributed by atoms with Crippen LogP contribution in [-0.4, -0.2) is 64.3 Å². The van der Waals surface area contributed by atoms with Gasteiger partial charge in [0, 0.05) is 26.1 Å². The van der Waals surface area contributed by atoms with Crippen LogP contribution < -0.4 is 0 Å². The fourth-order valence-electron chi connectivity index (χ4n) is 3.28. The molecular weight excluding hydrogens is 260 g/mol. The predicted molar refractivity (Wildman–Crippen MR) is 73.3 cm³/mol. The lowest BCUT2D eigenvalue weighted by molar-refractivity contribution is -0.137. The standard InChI is InChI=1S/C14H24N2O4/c1-10-4-7-16(12(10)9-17)14(20)15-6-5-11(8-15)2-3-13(18)19/h10-12,17H,2-9H2,1H3,(H,18,19). The van der Waals surface area contributed by atoms with E-state index >= 15 is 0 Å². The van der Waals surface area contributed by atoms with E-state index in [1.807, 2.05) is 4.90 Å². The van der Waals surface area contributed by atoms with E-state index in [2.05, 4.69) is 6.92 Å². The van der Waals surface area contributed by atoms with E-state index in [0.717, 1.165) is 12.8 Å². The molecule has 0 aromatic carbocycles. The number of rotatable bonds is 4. The maximum atomic E-state index is 12.5. The van der Waals surface area contributed by atoms with Crippen LogP contribution in [0.3, 0.4) is 0 Å². The van der Waals surface area contributed by atoms with Crippen molar-refractivity contribution in [2.75, 3.05) is 26.2 Å². The van der Waals surface area contributed by atoms with E-state index in [1.165, 1.54) is 0 Å². The molecule has 0 spiro atoms. The van der Waals surface area contributed by atoms with Crippen molar-refractivity contribution in [3.63, 3.8) is 0 Å². The van der Waals surface area contributed by atoms with Gasteiger partial charge >= 0.3 is 12.0 Å². The summed E-state index contributed by atoms with van der Waals surface area (Å²) in [5, 5.41) is 18.1. The van der Waals surface area contributed by atoms with Gasteiger partial charge in [0.15, 0.2) is 0 Å². The Morgan fingerprint density at radius 2 is 2.00 bits per heavy atom. The number of likely N-dealkylation sites (tertiary alicyclic amines) is 2. The highest BCUT2D eigenvalue weighted by Crippen LogP contribution is 2.28. The molecule has 0 aromatic rings. The van der Waals surface area contributed by atoms with Crippen LogP contribution >= 0.6 is 0 Å². The molecule has 114 valence electrons. The van der Waals surface area contributed by atoms with Gasteiger partial charge in [0.25, 0.3) is 0 Å². The van der Waals surface area contributed by atoms with E-state index < -0.39 is 5.97 Å². The van der Waals surface area contributed by atoms with Gasteiger partial charge in [-0.2, -0.15) is 0 Å². The lowest BCUT2D eigenvalue weighted by atomic mass is 10.0. The van der Waals surface area contributed by atoms with Crippen molar-refractivity contribution in [1.29, 1.82) is 0 Å². The molecule has 2 saturated heterocycles. The fraction of sp³-hybridized carbons (Fsp3) is 0.857. The summed E-state index contributed by atoms with van der Waals surface area (Å²) < 4.78 is 0. The lowest BCUT2D eigenvalue weighted by Crippen LogP contribution is -2.46. The number of amides is 2. The smallest absolute Gasteiger partial charge is 0.320 e. The topological polar surface area (TPSA) is 81.1 Å². The number of hydrogen-bond donors (Lipinski definition) is 2. The van der Waals surface area contributed by atoms with Crippen molar-refractivity contribution in [3.05, 3.63) is 0 Å². The molecule has 2 N–H and O–H groups in total. The van der Waals surface area contributed by atoms with Crippen LogP contribution in [0, 0.1) is 11.8 Å². The molecule has 6 heteroatoms. The third-order valence-corrected chi connectivity index (χ3v) is 4.64. The molecule has 2 fully saturated rings. The molecule has 3 atom stereocenters. The average Bonchev–Trinajstić information content (AvgIpc) is 3.02. The Kier molecular flexibility index (Phi) is 4.86. The molecule has 0 aromatic heterocycles. The van der Waals surface area contributed by atoms with E-state index in [9.17, 15) is 14.7 Å². The number of aliphatic hydroxyl groups excluding tert-OH is 1. The Bertz CT molecular complexity index is 374. The molecule has 20 heavy (non-hydrogen) atoms. The SMILES string of the molecule is CC1CCN(C(=O)N2CCC(CCC(=O)O)C2)C1CO. The van der Waals surface area contributed by atoms with Gasteiger partial charge in [-0.1, -0.05) is 6.92 Å². The molecule has 2 aliphatic heterocycles. The van der Waals surface area contributed by atoms with E-state index in [0.29, 0.717) is 37.9 Å². The van der Waals surface area contributed by atoms with Crippen molar-refractivity contribution < 1.29 is 19.8 Å². The first kappa shape index (κ1) is 15.1. The second-order valence-corrected chi connectivity index (χ2v) is 6.02. The molecule has 0 radical (unpaired) electrons. The lowest BCUT2D eigenvalue weighted by Gasteiger charge is -2.30. The maximum absolute atomic E-state index is 12.5. The third-order valence-electron chi connectivity index (χ3n) is 4.64. The number of urea groups is 1. The van der Waals surface area contributed by atoms with Crippen molar-refractivity contribution in [2.45, 2.75) is 38.6 Å². The van der Waals surface area contributed by atoms with E-state index in [4.69, 9.17) is 5.11 Å². The monoisotopic (exact) mass is 284 g/mol. The first-order chi connectivity index (χ1) is 9.52. The Morgan fingerprint density at radius 3 is 2.65 bits per heavy atom. The zero-order valence-corrected chi connectivity index (χ0v) is 12.0. The Hall–Kier alpha value is -1.30. The molecule has 6 nitrogen and oxygen atoms in total. The van der Waals surface area contributed by atoms with Crippen LogP contribution in [0.15, 0.2) is 0 Å². The Labute approximate surface area is 119 Å². The number of aliphatic hydroxyl groups is 1. The van der Waals surface area contributed by atoms with Crippen molar-refractivity contribution >= 4 is 12.0 Å². The fourth-order valence-corrected chi connectivity index (χ4v) is 3.28. The van der Waals surface area contributed by atoms with E-state index in [1.54, 1.807) is 4.90 Å². The highest BCUT2D eigenvalue weighted by atomic mass is 16.4. The van der Waals surface area contributed by atoms with Crippen LogP contribution in [0.1, 0.15) is 32.6 Å². The summed E-state index contributed by atoms with van der Waals surface area (Å²) >= 11 is 0. The molecule has 2 rings (SSSR count). The highest BCUT2D eigenvalue weighted by Gasteiger charge is 2.37. The number of carboxylic acid groups (broad SMARTS) is 1. The van der Waals surface area contributed by atoms with Crippen molar-refractivity contribution in [3.8, 4) is 0 Å². The van der Waals surface area contributed by atoms with Crippen LogP contribution in [0.5, 0.6) is 0 Å². The summed E-state index contributed by atoms with van der Waals surface area (Å²) in [5.41, 5.74) is 0. The van der Waals surface area contributed by atoms with Crippen LogP contribution in [-0.2, 0) is 4.79 Å². The Morgan fingerprint density at radius 1 is 1.25 bits per heavy atom. The first-order valence-electron chi connectivity index (χ1n) is 7.41. The number of carbonyl (C=O) groups is 2. The zero-order chi connectivity index (χ0) is 14.7. The number of aliphatic carboxylic acids is 1. The summed E-state index contributed by atoms with van der Waals surface area (Å²) in [6.45, 7) is 4.14. The van der Waals surface area contributed by atoms with Gasteiger partial charge < -0.3 is 20.0 Å². The normalized spacial score (nSPS) is 30.0.